The van der Waals surface area contributed by atoms with Crippen LogP contribution in [-0.4, -0.2) is 34.8 Å². The Morgan fingerprint density at radius 3 is 2.43 bits per heavy atom. The minimum Gasteiger partial charge on any atom is -0.396 e. The Morgan fingerprint density at radius 2 is 1.90 bits per heavy atom. The molecule has 2 rings (SSSR count). The zero-order valence-corrected chi connectivity index (χ0v) is 13.4. The van der Waals surface area contributed by atoms with Gasteiger partial charge in [0.1, 0.15) is 17.5 Å². The average Bonchev–Trinajstić information content (AvgIpc) is 3.23. The van der Waals surface area contributed by atoms with E-state index in [-0.39, 0.29) is 12.0 Å². The van der Waals surface area contributed by atoms with Gasteiger partial charge in [0.05, 0.1) is 0 Å². The average molecular weight is 292 g/mol. The smallest absolute Gasteiger partial charge is 0.135 e. The lowest BCUT2D eigenvalue weighted by molar-refractivity contribution is 0.253. The van der Waals surface area contributed by atoms with Gasteiger partial charge in [-0.1, -0.05) is 20.8 Å². The van der Waals surface area contributed by atoms with Gasteiger partial charge in [-0.05, 0) is 31.1 Å². The van der Waals surface area contributed by atoms with E-state index in [9.17, 15) is 0 Å². The monoisotopic (exact) mass is 292 g/mol. The van der Waals surface area contributed by atoms with Gasteiger partial charge in [0, 0.05) is 31.7 Å². The Hall–Kier alpha value is -1.36. The molecule has 5 nitrogen and oxygen atoms in total. The number of aromatic nitrogens is 2. The quantitative estimate of drug-likeness (QED) is 0.653. The molecule has 1 saturated carbocycles. The van der Waals surface area contributed by atoms with Gasteiger partial charge in [-0.3, -0.25) is 0 Å². The summed E-state index contributed by atoms with van der Waals surface area (Å²) in [7, 11) is 0. The first-order valence-corrected chi connectivity index (χ1v) is 8.06. The minimum absolute atomic E-state index is 0.270. The SMILES string of the molecule is CCCNc1cc(NCC2(CCO)CC2)nc(C(C)C)n1. The van der Waals surface area contributed by atoms with Gasteiger partial charge in [0.25, 0.3) is 0 Å². The molecule has 0 aromatic carbocycles. The fraction of sp³-hybridized carbons (Fsp3) is 0.750. The normalized spacial score (nSPS) is 16.0. The summed E-state index contributed by atoms with van der Waals surface area (Å²) in [6.07, 6.45) is 4.35. The van der Waals surface area contributed by atoms with Crippen LogP contribution in [0, 0.1) is 5.41 Å². The second kappa shape index (κ2) is 7.07. The highest BCUT2D eigenvalue weighted by atomic mass is 16.3. The molecule has 3 N–H and O–H groups in total. The van der Waals surface area contributed by atoms with Gasteiger partial charge >= 0.3 is 0 Å². The summed E-state index contributed by atoms with van der Waals surface area (Å²) in [5, 5.41) is 15.9. The zero-order chi connectivity index (χ0) is 15.3. The number of nitrogens with one attached hydrogen (secondary N) is 2. The van der Waals surface area contributed by atoms with Crippen LogP contribution in [0.3, 0.4) is 0 Å². The van der Waals surface area contributed by atoms with Crippen LogP contribution in [-0.2, 0) is 0 Å². The number of hydrogen-bond acceptors (Lipinski definition) is 5. The van der Waals surface area contributed by atoms with E-state index in [0.717, 1.165) is 43.4 Å². The highest BCUT2D eigenvalue weighted by molar-refractivity contribution is 5.48. The summed E-state index contributed by atoms with van der Waals surface area (Å²) < 4.78 is 0. The second-order valence-electron chi connectivity index (χ2n) is 6.41. The molecular weight excluding hydrogens is 264 g/mol. The summed E-state index contributed by atoms with van der Waals surface area (Å²) in [4.78, 5) is 9.17. The predicted octanol–water partition coefficient (Wildman–Crippen LogP) is 3.00. The Morgan fingerprint density at radius 1 is 1.24 bits per heavy atom. The van der Waals surface area contributed by atoms with Crippen molar-refractivity contribution in [1.82, 2.24) is 9.97 Å². The molecule has 1 aliphatic rings. The van der Waals surface area contributed by atoms with Crippen molar-refractivity contribution in [2.75, 3.05) is 30.3 Å². The molecule has 0 bridgehead atoms. The fourth-order valence-corrected chi connectivity index (χ4v) is 2.37. The Kier molecular flexibility index (Phi) is 5.39. The molecule has 0 spiro atoms. The number of anilines is 2. The molecule has 21 heavy (non-hydrogen) atoms. The van der Waals surface area contributed by atoms with Crippen molar-refractivity contribution in [2.45, 2.75) is 52.4 Å². The van der Waals surface area contributed by atoms with E-state index in [0.29, 0.717) is 5.92 Å². The van der Waals surface area contributed by atoms with E-state index in [1.807, 2.05) is 6.07 Å². The predicted molar refractivity (Wildman–Crippen MR) is 86.8 cm³/mol. The standard InChI is InChI=1S/C16H28N4O/c1-4-8-17-13-10-14(20-15(19-13)12(2)3)18-11-16(5-6-16)7-9-21/h10,12,21H,4-9,11H2,1-3H3,(H2,17,18,19,20). The zero-order valence-electron chi connectivity index (χ0n) is 13.4. The third-order valence-electron chi connectivity index (χ3n) is 4.06. The molecule has 0 atom stereocenters. The Bertz CT molecular complexity index is 458. The van der Waals surface area contributed by atoms with Crippen molar-refractivity contribution >= 4 is 11.6 Å². The largest absolute Gasteiger partial charge is 0.396 e. The second-order valence-corrected chi connectivity index (χ2v) is 6.41. The molecule has 1 aliphatic carbocycles. The van der Waals surface area contributed by atoms with E-state index in [1.165, 1.54) is 12.8 Å². The van der Waals surface area contributed by atoms with E-state index in [1.54, 1.807) is 0 Å². The first-order valence-electron chi connectivity index (χ1n) is 8.06. The first kappa shape index (κ1) is 16.0. The number of rotatable bonds is 9. The van der Waals surface area contributed by atoms with E-state index in [2.05, 4.69) is 41.4 Å². The molecule has 0 saturated heterocycles. The molecule has 1 aromatic heterocycles. The molecule has 5 heteroatoms. The number of nitrogens with zero attached hydrogens (tertiary/aromatic N) is 2. The van der Waals surface area contributed by atoms with Crippen molar-refractivity contribution in [1.29, 1.82) is 0 Å². The van der Waals surface area contributed by atoms with Crippen LogP contribution in [0.15, 0.2) is 6.07 Å². The van der Waals surface area contributed by atoms with Gasteiger partial charge in [-0.25, -0.2) is 9.97 Å². The van der Waals surface area contributed by atoms with E-state index < -0.39 is 0 Å². The van der Waals surface area contributed by atoms with E-state index >= 15 is 0 Å². The topological polar surface area (TPSA) is 70.1 Å². The number of aliphatic hydroxyl groups excluding tert-OH is 1. The Labute approximate surface area is 127 Å². The summed E-state index contributed by atoms with van der Waals surface area (Å²) in [6, 6.07) is 1.98. The molecule has 0 aliphatic heterocycles. The third-order valence-corrected chi connectivity index (χ3v) is 4.06. The minimum atomic E-state index is 0.270. The van der Waals surface area contributed by atoms with Crippen LogP contribution >= 0.6 is 0 Å². The van der Waals surface area contributed by atoms with Crippen LogP contribution in [0.1, 0.15) is 58.2 Å². The van der Waals surface area contributed by atoms with Crippen LogP contribution in [0.2, 0.25) is 0 Å². The highest BCUT2D eigenvalue weighted by Crippen LogP contribution is 2.48. The number of aliphatic hydroxyl groups is 1. The molecule has 1 fully saturated rings. The van der Waals surface area contributed by atoms with Crippen molar-refractivity contribution in [3.8, 4) is 0 Å². The van der Waals surface area contributed by atoms with Gasteiger partial charge in [0.2, 0.25) is 0 Å². The maximum atomic E-state index is 9.13. The molecular formula is C16H28N4O. The molecule has 0 radical (unpaired) electrons. The summed E-state index contributed by atoms with van der Waals surface area (Å²) >= 11 is 0. The summed E-state index contributed by atoms with van der Waals surface area (Å²) in [5.74, 6) is 2.95. The van der Waals surface area contributed by atoms with Crippen LogP contribution in [0.4, 0.5) is 11.6 Å². The summed E-state index contributed by atoms with van der Waals surface area (Å²) in [6.45, 7) is 8.43. The first-order chi connectivity index (χ1) is 10.1. The van der Waals surface area contributed by atoms with Crippen molar-refractivity contribution in [3.05, 3.63) is 11.9 Å². The van der Waals surface area contributed by atoms with Crippen molar-refractivity contribution in [2.24, 2.45) is 5.41 Å². The fourth-order valence-electron chi connectivity index (χ4n) is 2.37. The van der Waals surface area contributed by atoms with Crippen molar-refractivity contribution in [3.63, 3.8) is 0 Å². The lowest BCUT2D eigenvalue weighted by atomic mass is 10.0. The van der Waals surface area contributed by atoms with Crippen molar-refractivity contribution < 1.29 is 5.11 Å². The highest BCUT2D eigenvalue weighted by Gasteiger charge is 2.41. The third kappa shape index (κ3) is 4.56. The maximum absolute atomic E-state index is 9.13. The molecule has 118 valence electrons. The molecule has 0 unspecified atom stereocenters. The van der Waals surface area contributed by atoms with Gasteiger partial charge in [-0.2, -0.15) is 0 Å². The number of hydrogen-bond donors (Lipinski definition) is 3. The van der Waals surface area contributed by atoms with Crippen LogP contribution in [0.5, 0.6) is 0 Å². The summed E-state index contributed by atoms with van der Waals surface area (Å²) in [5.41, 5.74) is 0.286. The van der Waals surface area contributed by atoms with Crippen LogP contribution < -0.4 is 10.6 Å². The molecule has 1 heterocycles. The Balaban J connectivity index is 2.04. The van der Waals surface area contributed by atoms with E-state index in [4.69, 9.17) is 5.11 Å². The van der Waals surface area contributed by atoms with Gasteiger partial charge in [0.15, 0.2) is 0 Å². The lowest BCUT2D eigenvalue weighted by Crippen LogP contribution is -2.18. The molecule has 1 aromatic rings. The van der Waals surface area contributed by atoms with Gasteiger partial charge in [-0.15, -0.1) is 0 Å². The maximum Gasteiger partial charge on any atom is 0.135 e. The van der Waals surface area contributed by atoms with Gasteiger partial charge < -0.3 is 15.7 Å². The molecule has 0 amide bonds. The lowest BCUT2D eigenvalue weighted by Gasteiger charge is -2.17. The van der Waals surface area contributed by atoms with Crippen LogP contribution in [0.25, 0.3) is 0 Å².